The maximum Gasteiger partial charge on any atom is 0.246 e. The molecule has 406 valence electrons. The van der Waals surface area contributed by atoms with Gasteiger partial charge in [0, 0.05) is 53.5 Å². The number of aryl methyl sites for hydroxylation is 2. The number of hydrogen-bond acceptors (Lipinski definition) is 13. The van der Waals surface area contributed by atoms with Crippen molar-refractivity contribution < 1.29 is 43.4 Å². The van der Waals surface area contributed by atoms with E-state index in [0.717, 1.165) is 37.7 Å². The lowest BCUT2D eigenvalue weighted by molar-refractivity contribution is -0.145. The van der Waals surface area contributed by atoms with Gasteiger partial charge in [-0.15, -0.1) is 21.5 Å². The zero-order chi connectivity index (χ0) is 55.3. The molecule has 0 aliphatic carbocycles. The lowest BCUT2D eigenvalue weighted by Gasteiger charge is -2.35. The minimum Gasteiger partial charge on any atom is -0.391 e. The van der Waals surface area contributed by atoms with Crippen LogP contribution in [0.5, 0.6) is 0 Å². The van der Waals surface area contributed by atoms with Gasteiger partial charge in [-0.1, -0.05) is 99.1 Å². The van der Waals surface area contributed by atoms with E-state index in [1.807, 2.05) is 92.1 Å². The van der Waals surface area contributed by atoms with E-state index in [4.69, 9.17) is 21.3 Å². The number of hydrogen-bond donors (Lipinski definition) is 7. The molecule has 7 atom stereocenters. The first kappa shape index (κ1) is 55.9. The molecule has 3 aromatic carbocycles. The molecule has 8 rings (SSSR count). The smallest absolute Gasteiger partial charge is 0.246 e. The number of carbonyl (C=O) groups excluding carboxylic acids is 7. The number of fused-ring (bicyclic) bond motifs is 4. The van der Waals surface area contributed by atoms with Crippen molar-refractivity contribution in [3.8, 4) is 16.1 Å². The Hall–Kier alpha value is -7.33. The molecule has 0 saturated carbocycles. The summed E-state index contributed by atoms with van der Waals surface area (Å²) in [7, 11) is 0. The molecule has 3 aliphatic heterocycles. The number of carbonyl (C=O) groups is 7. The zero-order valence-corrected chi connectivity index (χ0v) is 45.5. The molecule has 22 heteroatoms. The SMILES string of the molecule is Cc1sc2c(c1C)C(c1ccc(Cl)cc1)=N[C@@H](CC(=O)NC[C@H]1NC(=O)[C@@H](C)NC(=O)[C@@H](Cc3ccc(-c4ccccc4)cc3)NC(=O)[C@@H]3C[C@@H](O)CN3C(=O)[C@H](C(C)(C)C)NC(=O)COCCNC1=O)c1nnc(C)n1-2. The molecular formula is C55H64ClN11O9S. The molecule has 2 aromatic heterocycles. The summed E-state index contributed by atoms with van der Waals surface area (Å²) in [6, 6.07) is 17.1. The third kappa shape index (κ3) is 13.1. The van der Waals surface area contributed by atoms with Crippen LogP contribution in [-0.2, 0) is 44.7 Å². The van der Waals surface area contributed by atoms with Crippen molar-refractivity contribution in [2.45, 2.75) is 110 Å². The Morgan fingerprint density at radius 2 is 1.51 bits per heavy atom. The fourth-order valence-corrected chi connectivity index (χ4v) is 10.9. The lowest BCUT2D eigenvalue weighted by atomic mass is 9.85. The summed E-state index contributed by atoms with van der Waals surface area (Å²) in [5.74, 6) is -3.78. The van der Waals surface area contributed by atoms with Gasteiger partial charge in [-0.25, -0.2) is 0 Å². The van der Waals surface area contributed by atoms with Gasteiger partial charge in [-0.3, -0.25) is 43.1 Å². The molecule has 0 unspecified atom stereocenters. The molecule has 7 N–H and O–H groups in total. The standard InChI is InChI=1S/C55H64ClN11O9S/c1-29-31(3)77-54-45(29)46(36-17-19-37(56)20-18-36)60-39(48-65-64-32(4)67(48)54)25-43(69)58-26-41-50(72)57-21-22-76-28-44(70)63-47(55(5,6)7)53(75)66-27-38(68)24-42(66)52(74)61-40(51(73)59-30(2)49(71)62-41)23-33-13-15-35(16-14-33)34-11-9-8-10-12-34/h8-20,30,38-42,47,68H,21-28H2,1-7H3,(H,57,72)(H,58,69)(H,59,73)(H,61,74)(H,62,71)(H,63,70)/t30-,38-,39+,40-,41-,42+,47-/m1/s1. The van der Waals surface area contributed by atoms with Gasteiger partial charge in [0.05, 0.1) is 24.8 Å². The highest BCUT2D eigenvalue weighted by atomic mass is 35.5. The van der Waals surface area contributed by atoms with Gasteiger partial charge in [0.25, 0.3) is 0 Å². The molecule has 0 spiro atoms. The Kier molecular flexibility index (Phi) is 17.4. The van der Waals surface area contributed by atoms with Crippen LogP contribution in [-0.4, -0.2) is 141 Å². The van der Waals surface area contributed by atoms with Crippen LogP contribution in [0.1, 0.15) is 85.4 Å². The highest BCUT2D eigenvalue weighted by molar-refractivity contribution is 7.15. The third-order valence-electron chi connectivity index (χ3n) is 13.8. The quantitative estimate of drug-likeness (QED) is 0.119. The Morgan fingerprint density at radius 3 is 2.21 bits per heavy atom. The second-order valence-corrected chi connectivity index (χ2v) is 22.3. The molecular weight excluding hydrogens is 1030 g/mol. The molecule has 3 aliphatic rings. The van der Waals surface area contributed by atoms with Crippen molar-refractivity contribution >= 4 is 70.0 Å². The average molecular weight is 1090 g/mol. The number of amides is 7. The van der Waals surface area contributed by atoms with E-state index in [9.17, 15) is 38.7 Å². The fourth-order valence-electron chi connectivity index (χ4n) is 9.52. The number of aliphatic imine (C=N–C) groups is 1. The number of nitrogens with zero attached hydrogens (tertiary/aromatic N) is 5. The topological polar surface area (TPSA) is 267 Å². The van der Waals surface area contributed by atoms with E-state index in [-0.39, 0.29) is 39.0 Å². The predicted molar refractivity (Wildman–Crippen MR) is 289 cm³/mol. The Balaban J connectivity index is 1.04. The number of aliphatic hydroxyl groups excluding tert-OH is 1. The molecule has 2 fully saturated rings. The van der Waals surface area contributed by atoms with Gasteiger partial charge in [0.1, 0.15) is 53.7 Å². The summed E-state index contributed by atoms with van der Waals surface area (Å²) in [5, 5.41) is 37.5. The second-order valence-electron chi connectivity index (χ2n) is 20.6. The van der Waals surface area contributed by atoms with E-state index in [1.54, 1.807) is 44.2 Å². The number of thiophene rings is 1. The Labute approximate surface area is 455 Å². The number of aromatic nitrogens is 3. The predicted octanol–water partition coefficient (Wildman–Crippen LogP) is 3.33. The van der Waals surface area contributed by atoms with Crippen molar-refractivity contribution in [2.75, 3.05) is 32.8 Å². The van der Waals surface area contributed by atoms with Gasteiger partial charge in [0.15, 0.2) is 5.82 Å². The highest BCUT2D eigenvalue weighted by Crippen LogP contribution is 2.40. The van der Waals surface area contributed by atoms with Gasteiger partial charge in [-0.2, -0.15) is 0 Å². The summed E-state index contributed by atoms with van der Waals surface area (Å²) in [6.45, 7) is 11.1. The molecule has 7 amide bonds. The summed E-state index contributed by atoms with van der Waals surface area (Å²) in [4.78, 5) is 106. The van der Waals surface area contributed by atoms with Crippen LogP contribution in [0.15, 0.2) is 83.9 Å². The minimum absolute atomic E-state index is 0.0441. The molecule has 5 heterocycles. The van der Waals surface area contributed by atoms with Crippen LogP contribution in [0, 0.1) is 26.2 Å². The number of halogens is 1. The Morgan fingerprint density at radius 1 is 0.831 bits per heavy atom. The molecule has 2 saturated heterocycles. The first-order chi connectivity index (χ1) is 36.7. The van der Waals surface area contributed by atoms with Gasteiger partial charge >= 0.3 is 0 Å². The highest BCUT2D eigenvalue weighted by Gasteiger charge is 2.45. The van der Waals surface area contributed by atoms with Crippen LogP contribution in [0.2, 0.25) is 5.02 Å². The largest absolute Gasteiger partial charge is 0.391 e. The van der Waals surface area contributed by atoms with Crippen LogP contribution in [0.3, 0.4) is 0 Å². The fraction of sp³-hybridized carbons (Fsp3) is 0.418. The zero-order valence-electron chi connectivity index (χ0n) is 43.9. The van der Waals surface area contributed by atoms with Crippen molar-refractivity contribution in [1.29, 1.82) is 0 Å². The molecule has 20 nitrogen and oxygen atoms in total. The third-order valence-corrected chi connectivity index (χ3v) is 15.3. The first-order valence-electron chi connectivity index (χ1n) is 25.5. The van der Waals surface area contributed by atoms with Gasteiger partial charge < -0.3 is 46.6 Å². The van der Waals surface area contributed by atoms with Crippen molar-refractivity contribution in [3.05, 3.63) is 123 Å². The first-order valence-corrected chi connectivity index (χ1v) is 26.7. The summed E-state index contributed by atoms with van der Waals surface area (Å²) in [6.07, 6.45) is -1.49. The van der Waals surface area contributed by atoms with E-state index in [0.29, 0.717) is 27.9 Å². The molecule has 77 heavy (non-hydrogen) atoms. The van der Waals surface area contributed by atoms with Crippen LogP contribution < -0.4 is 31.9 Å². The molecule has 0 bridgehead atoms. The maximum absolute atomic E-state index is 14.4. The lowest BCUT2D eigenvalue weighted by Crippen LogP contribution is -2.60. The number of benzene rings is 3. The monoisotopic (exact) mass is 1090 g/mol. The summed E-state index contributed by atoms with van der Waals surface area (Å²) < 4.78 is 7.50. The van der Waals surface area contributed by atoms with Crippen molar-refractivity contribution in [2.24, 2.45) is 10.4 Å². The maximum atomic E-state index is 14.4. The number of aliphatic hydroxyl groups is 1. The number of nitrogens with one attached hydrogen (secondary N) is 6. The second kappa shape index (κ2) is 23.9. The molecule has 5 aromatic rings. The summed E-state index contributed by atoms with van der Waals surface area (Å²) in [5.41, 5.74) is 4.98. The van der Waals surface area contributed by atoms with E-state index in [2.05, 4.69) is 42.1 Å². The molecule has 0 radical (unpaired) electrons. The average Bonchev–Trinajstić information content (AvgIpc) is 4.10. The number of ether oxygens (including phenoxy) is 1. The normalized spacial score (nSPS) is 23.1. The van der Waals surface area contributed by atoms with E-state index in [1.165, 1.54) is 11.8 Å². The Bertz CT molecular complexity index is 3070. The van der Waals surface area contributed by atoms with Crippen LogP contribution in [0.4, 0.5) is 0 Å². The van der Waals surface area contributed by atoms with Gasteiger partial charge in [-0.05, 0) is 67.5 Å². The van der Waals surface area contributed by atoms with Crippen molar-refractivity contribution in [3.63, 3.8) is 0 Å². The van der Waals surface area contributed by atoms with E-state index < -0.39 is 102 Å². The van der Waals surface area contributed by atoms with Crippen LogP contribution in [0.25, 0.3) is 16.1 Å². The number of rotatable bonds is 8. The minimum atomic E-state index is -1.40. The van der Waals surface area contributed by atoms with Crippen LogP contribution >= 0.6 is 22.9 Å². The summed E-state index contributed by atoms with van der Waals surface area (Å²) >= 11 is 7.86. The van der Waals surface area contributed by atoms with Gasteiger partial charge in [0.2, 0.25) is 41.4 Å². The van der Waals surface area contributed by atoms with Crippen molar-refractivity contribution in [1.82, 2.24) is 51.6 Å². The van der Waals surface area contributed by atoms with E-state index >= 15 is 0 Å².